The van der Waals surface area contributed by atoms with Crippen LogP contribution in [0, 0.1) is 5.92 Å². The van der Waals surface area contributed by atoms with E-state index in [1.54, 1.807) is 18.2 Å². The lowest BCUT2D eigenvalue weighted by atomic mass is 9.88. The second-order valence-electron chi connectivity index (χ2n) is 5.28. The molecular formula is C14H20ClN3O3. The van der Waals surface area contributed by atoms with E-state index in [9.17, 15) is 4.79 Å². The van der Waals surface area contributed by atoms with Crippen molar-refractivity contribution in [3.8, 4) is 11.5 Å². The molecule has 0 aliphatic rings. The Kier molecular flexibility index (Phi) is 5.57. The minimum absolute atomic E-state index is 0. The average Bonchev–Trinajstić information content (AvgIpc) is 3.08. The third-order valence-electron chi connectivity index (χ3n) is 3.60. The number of carbonyl (C=O) groups is 1. The topological polar surface area (TPSA) is 94.3 Å². The summed E-state index contributed by atoms with van der Waals surface area (Å²) in [5.74, 6) is 0.835. The Morgan fingerprint density at radius 3 is 2.71 bits per heavy atom. The van der Waals surface area contributed by atoms with Crippen molar-refractivity contribution in [1.82, 2.24) is 10.5 Å². The molecule has 1 unspecified atom stereocenters. The zero-order chi connectivity index (χ0) is 14.8. The van der Waals surface area contributed by atoms with Crippen molar-refractivity contribution in [2.75, 3.05) is 6.54 Å². The fourth-order valence-corrected chi connectivity index (χ4v) is 1.67. The number of carbonyl (C=O) groups excluding carboxylic acids is 1. The second-order valence-corrected chi connectivity index (χ2v) is 5.28. The van der Waals surface area contributed by atoms with Gasteiger partial charge in [-0.15, -0.1) is 12.4 Å². The van der Waals surface area contributed by atoms with E-state index >= 15 is 0 Å². The zero-order valence-corrected chi connectivity index (χ0v) is 13.1. The lowest BCUT2D eigenvalue weighted by molar-refractivity contribution is 0.0874. The Balaban J connectivity index is 0.00000220. The predicted molar refractivity (Wildman–Crippen MR) is 81.2 cm³/mol. The van der Waals surface area contributed by atoms with Crippen LogP contribution in [0.4, 0.5) is 0 Å². The normalized spacial score (nSPS) is 13.6. The van der Waals surface area contributed by atoms with Crippen LogP contribution in [0.2, 0.25) is 0 Å². The molecular weight excluding hydrogens is 294 g/mol. The molecule has 7 heteroatoms. The maximum absolute atomic E-state index is 12.2. The molecule has 0 radical (unpaired) electrons. The van der Waals surface area contributed by atoms with Crippen molar-refractivity contribution < 1.29 is 13.7 Å². The number of nitrogens with one attached hydrogen (secondary N) is 1. The molecule has 2 aromatic rings. The molecule has 0 aliphatic carbocycles. The van der Waals surface area contributed by atoms with Gasteiger partial charge in [0.15, 0.2) is 11.5 Å². The van der Waals surface area contributed by atoms with Crippen LogP contribution < -0.4 is 11.1 Å². The first-order chi connectivity index (χ1) is 9.46. The molecule has 0 saturated heterocycles. The van der Waals surface area contributed by atoms with Crippen LogP contribution in [0.25, 0.3) is 11.5 Å². The summed E-state index contributed by atoms with van der Waals surface area (Å²) in [5.41, 5.74) is 5.46. The molecule has 2 heterocycles. The van der Waals surface area contributed by atoms with E-state index in [2.05, 4.69) is 10.5 Å². The van der Waals surface area contributed by atoms with Crippen molar-refractivity contribution in [2.45, 2.75) is 26.3 Å². The molecule has 0 spiro atoms. The number of hydrogen-bond acceptors (Lipinski definition) is 5. The largest absolute Gasteiger partial charge is 0.461 e. The lowest BCUT2D eigenvalue weighted by Crippen LogP contribution is -2.55. The van der Waals surface area contributed by atoms with Gasteiger partial charge in [-0.2, -0.15) is 0 Å². The van der Waals surface area contributed by atoms with Crippen LogP contribution in [0.3, 0.4) is 0 Å². The summed E-state index contributed by atoms with van der Waals surface area (Å²) in [6.07, 6.45) is 1.53. The van der Waals surface area contributed by atoms with Gasteiger partial charge in [-0.3, -0.25) is 4.79 Å². The average molecular weight is 314 g/mol. The van der Waals surface area contributed by atoms with Crippen LogP contribution in [0.1, 0.15) is 31.3 Å². The molecule has 0 aromatic carbocycles. The fourth-order valence-electron chi connectivity index (χ4n) is 1.67. The highest BCUT2D eigenvalue weighted by molar-refractivity contribution is 5.93. The molecule has 1 atom stereocenters. The van der Waals surface area contributed by atoms with Crippen LogP contribution in [0.5, 0.6) is 0 Å². The summed E-state index contributed by atoms with van der Waals surface area (Å²) in [5, 5.41) is 6.66. The SMILES string of the molecule is CC(C)C(C)(CN)NC(=O)c1cc(-c2ccco2)on1.Cl. The number of nitrogens with zero attached hydrogens (tertiary/aromatic N) is 1. The second kappa shape index (κ2) is 6.78. The molecule has 116 valence electrons. The van der Waals surface area contributed by atoms with Gasteiger partial charge in [0, 0.05) is 12.6 Å². The van der Waals surface area contributed by atoms with Crippen LogP contribution >= 0.6 is 12.4 Å². The molecule has 3 N–H and O–H groups in total. The van der Waals surface area contributed by atoms with E-state index in [-0.39, 0.29) is 29.9 Å². The molecule has 6 nitrogen and oxygen atoms in total. The van der Waals surface area contributed by atoms with Crippen LogP contribution in [-0.2, 0) is 0 Å². The first kappa shape index (κ1) is 17.3. The quantitative estimate of drug-likeness (QED) is 0.884. The van der Waals surface area contributed by atoms with Crippen molar-refractivity contribution in [3.63, 3.8) is 0 Å². The number of halogens is 1. The molecule has 2 rings (SSSR count). The summed E-state index contributed by atoms with van der Waals surface area (Å²) in [6.45, 7) is 6.26. The number of nitrogens with two attached hydrogens (primary N) is 1. The lowest BCUT2D eigenvalue weighted by Gasteiger charge is -2.33. The van der Waals surface area contributed by atoms with Gasteiger partial charge in [-0.05, 0) is 25.0 Å². The first-order valence-corrected chi connectivity index (χ1v) is 6.49. The Labute approximate surface area is 129 Å². The third-order valence-corrected chi connectivity index (χ3v) is 3.60. The number of furan rings is 1. The Hall–Kier alpha value is -1.79. The first-order valence-electron chi connectivity index (χ1n) is 6.49. The highest BCUT2D eigenvalue weighted by atomic mass is 35.5. The van der Waals surface area contributed by atoms with E-state index in [0.717, 1.165) is 0 Å². The molecule has 2 aromatic heterocycles. The van der Waals surface area contributed by atoms with Crippen molar-refractivity contribution in [3.05, 3.63) is 30.2 Å². The Bertz CT molecular complexity index is 580. The molecule has 21 heavy (non-hydrogen) atoms. The van der Waals surface area contributed by atoms with Crippen molar-refractivity contribution >= 4 is 18.3 Å². The minimum Gasteiger partial charge on any atom is -0.461 e. The number of hydrogen-bond donors (Lipinski definition) is 2. The van der Waals surface area contributed by atoms with Gasteiger partial charge < -0.3 is 20.0 Å². The van der Waals surface area contributed by atoms with E-state index in [0.29, 0.717) is 18.1 Å². The monoisotopic (exact) mass is 313 g/mol. The molecule has 1 amide bonds. The van der Waals surface area contributed by atoms with E-state index in [1.165, 1.54) is 6.26 Å². The van der Waals surface area contributed by atoms with Crippen LogP contribution in [-0.4, -0.2) is 23.1 Å². The maximum atomic E-state index is 12.2. The third kappa shape index (κ3) is 3.65. The molecule has 0 fully saturated rings. The zero-order valence-electron chi connectivity index (χ0n) is 12.3. The Morgan fingerprint density at radius 2 is 2.19 bits per heavy atom. The van der Waals surface area contributed by atoms with Crippen molar-refractivity contribution in [2.24, 2.45) is 11.7 Å². The molecule has 0 bridgehead atoms. The van der Waals surface area contributed by atoms with Crippen LogP contribution in [0.15, 0.2) is 33.4 Å². The van der Waals surface area contributed by atoms with E-state index < -0.39 is 5.54 Å². The standard InChI is InChI=1S/C14H19N3O3.ClH/c1-9(2)14(3,8-15)16-13(18)10-7-12(20-17-10)11-5-4-6-19-11;/h4-7,9H,8,15H2,1-3H3,(H,16,18);1H. The predicted octanol–water partition coefficient (Wildman–Crippen LogP) is 2.46. The summed E-state index contributed by atoms with van der Waals surface area (Å²) in [4.78, 5) is 12.2. The highest BCUT2D eigenvalue weighted by Gasteiger charge is 2.30. The van der Waals surface area contributed by atoms with Gasteiger partial charge in [0.1, 0.15) is 0 Å². The number of amides is 1. The van der Waals surface area contributed by atoms with Gasteiger partial charge in [0.2, 0.25) is 5.76 Å². The Morgan fingerprint density at radius 1 is 1.48 bits per heavy atom. The van der Waals surface area contributed by atoms with Gasteiger partial charge >= 0.3 is 0 Å². The number of rotatable bonds is 5. The highest BCUT2D eigenvalue weighted by Crippen LogP contribution is 2.21. The number of aromatic nitrogens is 1. The fraction of sp³-hybridized carbons (Fsp3) is 0.429. The summed E-state index contributed by atoms with van der Waals surface area (Å²) < 4.78 is 10.3. The maximum Gasteiger partial charge on any atom is 0.273 e. The minimum atomic E-state index is -0.485. The summed E-state index contributed by atoms with van der Waals surface area (Å²) in [6, 6.07) is 5.02. The smallest absolute Gasteiger partial charge is 0.273 e. The summed E-state index contributed by atoms with van der Waals surface area (Å²) in [7, 11) is 0. The molecule has 0 saturated carbocycles. The van der Waals surface area contributed by atoms with E-state index in [1.807, 2.05) is 20.8 Å². The van der Waals surface area contributed by atoms with Gasteiger partial charge in [-0.1, -0.05) is 19.0 Å². The van der Waals surface area contributed by atoms with Crippen molar-refractivity contribution in [1.29, 1.82) is 0 Å². The summed E-state index contributed by atoms with van der Waals surface area (Å²) >= 11 is 0. The van der Waals surface area contributed by atoms with Gasteiger partial charge in [0.25, 0.3) is 5.91 Å². The van der Waals surface area contributed by atoms with Gasteiger partial charge in [-0.25, -0.2) is 0 Å². The van der Waals surface area contributed by atoms with E-state index in [4.69, 9.17) is 14.7 Å². The molecule has 0 aliphatic heterocycles. The van der Waals surface area contributed by atoms with Gasteiger partial charge in [0.05, 0.1) is 11.8 Å².